The molecule has 0 aliphatic carbocycles. The van der Waals surface area contributed by atoms with Crippen LogP contribution in [-0.2, 0) is 20.1 Å². The number of aliphatic imine (C=N–C) groups is 1. The lowest BCUT2D eigenvalue weighted by Gasteiger charge is -2.26. The van der Waals surface area contributed by atoms with E-state index in [2.05, 4.69) is 15.4 Å². The topological polar surface area (TPSA) is 111 Å². The number of nitrogens with one attached hydrogen (secondary N) is 1. The number of aromatic nitrogens is 3. The molecular weight excluding hydrogens is 322 g/mol. The molecule has 132 valence electrons. The molecule has 3 rings (SSSR count). The average Bonchev–Trinajstić information content (AvgIpc) is 2.64. The zero-order chi connectivity index (χ0) is 17.8. The summed E-state index contributed by atoms with van der Waals surface area (Å²) < 4.78 is 2.62. The van der Waals surface area contributed by atoms with Crippen LogP contribution in [-0.4, -0.2) is 38.6 Å². The van der Waals surface area contributed by atoms with Crippen molar-refractivity contribution < 1.29 is 0 Å². The minimum absolute atomic E-state index is 0.307. The molecule has 2 aromatic heterocycles. The molecule has 1 aliphatic rings. The SMILES string of the molecule is Cn1c(=O)c2c(n(Cc3cccnc3)c1=O)N=CN(NCCCN)C2. The molecule has 0 saturated heterocycles. The van der Waals surface area contributed by atoms with E-state index >= 15 is 0 Å². The van der Waals surface area contributed by atoms with Gasteiger partial charge < -0.3 is 5.73 Å². The molecule has 0 spiro atoms. The van der Waals surface area contributed by atoms with Crippen LogP contribution in [0, 0.1) is 0 Å². The van der Waals surface area contributed by atoms with E-state index in [1.165, 1.54) is 11.6 Å². The second kappa shape index (κ2) is 7.41. The molecule has 0 fully saturated rings. The van der Waals surface area contributed by atoms with E-state index in [9.17, 15) is 9.59 Å². The van der Waals surface area contributed by atoms with Crippen molar-refractivity contribution >= 4 is 12.2 Å². The molecule has 0 amide bonds. The third-order valence-corrected chi connectivity index (χ3v) is 4.01. The Kier molecular flexibility index (Phi) is 5.05. The Bertz CT molecular complexity index is 886. The van der Waals surface area contributed by atoms with Crippen molar-refractivity contribution in [1.82, 2.24) is 24.6 Å². The van der Waals surface area contributed by atoms with Gasteiger partial charge in [-0.15, -0.1) is 0 Å². The van der Waals surface area contributed by atoms with Crippen LogP contribution >= 0.6 is 0 Å². The lowest BCUT2D eigenvalue weighted by atomic mass is 10.2. The van der Waals surface area contributed by atoms with Crippen LogP contribution in [0.15, 0.2) is 39.1 Å². The van der Waals surface area contributed by atoms with Gasteiger partial charge in [0.1, 0.15) is 12.2 Å². The first-order valence-electron chi connectivity index (χ1n) is 8.08. The van der Waals surface area contributed by atoms with Crippen LogP contribution in [0.5, 0.6) is 0 Å². The van der Waals surface area contributed by atoms with Gasteiger partial charge in [-0.3, -0.25) is 23.9 Å². The Hall–Kier alpha value is -2.78. The van der Waals surface area contributed by atoms with E-state index < -0.39 is 5.69 Å². The quantitative estimate of drug-likeness (QED) is 0.673. The van der Waals surface area contributed by atoms with Crippen LogP contribution in [0.25, 0.3) is 0 Å². The van der Waals surface area contributed by atoms with Crippen molar-refractivity contribution in [3.63, 3.8) is 0 Å². The molecule has 25 heavy (non-hydrogen) atoms. The van der Waals surface area contributed by atoms with Crippen molar-refractivity contribution in [2.24, 2.45) is 17.8 Å². The molecule has 0 radical (unpaired) electrons. The Morgan fingerprint density at radius 3 is 2.92 bits per heavy atom. The van der Waals surface area contributed by atoms with Crippen molar-refractivity contribution in [3.05, 3.63) is 56.5 Å². The highest BCUT2D eigenvalue weighted by molar-refractivity contribution is 5.64. The summed E-state index contributed by atoms with van der Waals surface area (Å²) in [7, 11) is 1.48. The molecule has 2 aromatic rings. The van der Waals surface area contributed by atoms with E-state index in [-0.39, 0.29) is 5.56 Å². The lowest BCUT2D eigenvalue weighted by molar-refractivity contribution is 0.301. The Morgan fingerprint density at radius 1 is 1.36 bits per heavy atom. The van der Waals surface area contributed by atoms with Gasteiger partial charge in [0.05, 0.1) is 18.7 Å². The van der Waals surface area contributed by atoms with Crippen molar-refractivity contribution in [3.8, 4) is 0 Å². The van der Waals surface area contributed by atoms with Crippen LogP contribution in [0.2, 0.25) is 0 Å². The molecule has 9 nitrogen and oxygen atoms in total. The summed E-state index contributed by atoms with van der Waals surface area (Å²) in [4.78, 5) is 33.5. The summed E-state index contributed by atoms with van der Waals surface area (Å²) in [5, 5.41) is 1.73. The minimum atomic E-state index is -0.394. The fourth-order valence-electron chi connectivity index (χ4n) is 2.68. The van der Waals surface area contributed by atoms with Gasteiger partial charge in [-0.2, -0.15) is 0 Å². The molecule has 1 aliphatic heterocycles. The molecule has 3 heterocycles. The van der Waals surface area contributed by atoms with Crippen LogP contribution in [0.4, 0.5) is 5.82 Å². The first kappa shape index (κ1) is 17.1. The highest BCUT2D eigenvalue weighted by atomic mass is 16.2. The monoisotopic (exact) mass is 343 g/mol. The molecule has 0 bridgehead atoms. The maximum absolute atomic E-state index is 12.5. The number of pyridine rings is 1. The number of rotatable bonds is 6. The van der Waals surface area contributed by atoms with Gasteiger partial charge in [0.25, 0.3) is 5.56 Å². The second-order valence-corrected chi connectivity index (χ2v) is 5.82. The van der Waals surface area contributed by atoms with Gasteiger partial charge in [0.2, 0.25) is 0 Å². The summed E-state index contributed by atoms with van der Waals surface area (Å²) in [6, 6.07) is 3.69. The highest BCUT2D eigenvalue weighted by Gasteiger charge is 2.22. The first-order chi connectivity index (χ1) is 12.1. The van der Waals surface area contributed by atoms with Gasteiger partial charge in [-0.05, 0) is 24.6 Å². The summed E-state index contributed by atoms with van der Waals surface area (Å²) in [6.07, 6.45) is 5.77. The normalized spacial score (nSPS) is 13.1. The Morgan fingerprint density at radius 2 is 2.20 bits per heavy atom. The van der Waals surface area contributed by atoms with E-state index in [4.69, 9.17) is 5.73 Å². The summed E-state index contributed by atoms with van der Waals surface area (Å²) in [5.41, 5.74) is 9.26. The smallest absolute Gasteiger partial charge is 0.330 e. The van der Waals surface area contributed by atoms with Crippen LogP contribution < -0.4 is 22.4 Å². The Labute approximate surface area is 144 Å². The number of hydrogen-bond acceptors (Lipinski definition) is 7. The molecular formula is C16H21N7O2. The molecule has 0 aromatic carbocycles. The maximum Gasteiger partial charge on any atom is 0.332 e. The first-order valence-corrected chi connectivity index (χ1v) is 8.08. The average molecular weight is 343 g/mol. The van der Waals surface area contributed by atoms with Crippen molar-refractivity contribution in [2.75, 3.05) is 13.1 Å². The molecule has 3 N–H and O–H groups in total. The predicted molar refractivity (Wildman–Crippen MR) is 94.7 cm³/mol. The fourth-order valence-corrected chi connectivity index (χ4v) is 2.68. The summed E-state index contributed by atoms with van der Waals surface area (Å²) in [5.74, 6) is 0.397. The number of hydrazine groups is 1. The van der Waals surface area contributed by atoms with Gasteiger partial charge in [0.15, 0.2) is 0 Å². The second-order valence-electron chi connectivity index (χ2n) is 5.82. The predicted octanol–water partition coefficient (Wildman–Crippen LogP) is -0.681. The van der Waals surface area contributed by atoms with Crippen LogP contribution in [0.3, 0.4) is 0 Å². The molecule has 0 saturated carbocycles. The van der Waals surface area contributed by atoms with Gasteiger partial charge in [-0.1, -0.05) is 6.07 Å². The van der Waals surface area contributed by atoms with Crippen molar-refractivity contribution in [1.29, 1.82) is 0 Å². The highest BCUT2D eigenvalue weighted by Crippen LogP contribution is 2.19. The fraction of sp³-hybridized carbons (Fsp3) is 0.375. The number of fused-ring (bicyclic) bond motifs is 1. The van der Waals surface area contributed by atoms with Crippen LogP contribution in [0.1, 0.15) is 17.5 Å². The lowest BCUT2D eigenvalue weighted by Crippen LogP contribution is -2.45. The zero-order valence-corrected chi connectivity index (χ0v) is 14.1. The number of hydrogen-bond donors (Lipinski definition) is 2. The van der Waals surface area contributed by atoms with Gasteiger partial charge in [0, 0.05) is 26.0 Å². The molecule has 0 unspecified atom stereocenters. The third-order valence-electron chi connectivity index (χ3n) is 4.01. The number of nitrogens with zero attached hydrogens (tertiary/aromatic N) is 5. The minimum Gasteiger partial charge on any atom is -0.330 e. The molecule has 9 heteroatoms. The largest absolute Gasteiger partial charge is 0.332 e. The van der Waals surface area contributed by atoms with E-state index in [0.29, 0.717) is 37.6 Å². The van der Waals surface area contributed by atoms with E-state index in [1.54, 1.807) is 29.8 Å². The molecule has 0 atom stereocenters. The maximum atomic E-state index is 12.5. The van der Waals surface area contributed by atoms with Crippen molar-refractivity contribution in [2.45, 2.75) is 19.5 Å². The Balaban J connectivity index is 1.97. The number of nitrogens with two attached hydrogens (primary N) is 1. The van der Waals surface area contributed by atoms with Gasteiger partial charge >= 0.3 is 5.69 Å². The van der Waals surface area contributed by atoms with E-state index in [1.807, 2.05) is 6.07 Å². The third kappa shape index (κ3) is 3.52. The summed E-state index contributed by atoms with van der Waals surface area (Å²) in [6.45, 7) is 1.92. The summed E-state index contributed by atoms with van der Waals surface area (Å²) >= 11 is 0. The van der Waals surface area contributed by atoms with Gasteiger partial charge in [-0.25, -0.2) is 15.2 Å². The zero-order valence-electron chi connectivity index (χ0n) is 14.1. The standard InChI is InChI=1S/C16H21N7O2/c1-21-15(24)13-10-22(20-7-3-5-17)11-19-14(13)23(16(21)25)9-12-4-2-6-18-8-12/h2,4,6,8,11,20H,3,5,7,9-10,17H2,1H3. The van der Waals surface area contributed by atoms with E-state index in [0.717, 1.165) is 16.6 Å².